The molecule has 134 valence electrons. The third-order valence-corrected chi connectivity index (χ3v) is 4.21. The van der Waals surface area contributed by atoms with Gasteiger partial charge >= 0.3 is 0 Å². The van der Waals surface area contributed by atoms with Crippen LogP contribution in [0, 0.1) is 0 Å². The number of halogens is 1. The van der Waals surface area contributed by atoms with Crippen LogP contribution in [0.3, 0.4) is 0 Å². The SMILES string of the molecule is CC(=O)c1ccc2c(c1)N(CC(=O)Nc1cccnc1Cl)C(=O)C(C)O2. The molecule has 0 spiro atoms. The van der Waals surface area contributed by atoms with Gasteiger partial charge in [0.05, 0.1) is 11.4 Å². The maximum atomic E-state index is 12.5. The van der Waals surface area contributed by atoms with Crippen molar-refractivity contribution in [3.63, 3.8) is 0 Å². The monoisotopic (exact) mass is 373 g/mol. The molecule has 8 heteroatoms. The molecule has 1 aliphatic rings. The van der Waals surface area contributed by atoms with Gasteiger partial charge < -0.3 is 10.1 Å². The van der Waals surface area contributed by atoms with Gasteiger partial charge in [0.25, 0.3) is 5.91 Å². The van der Waals surface area contributed by atoms with E-state index in [0.717, 1.165) is 0 Å². The number of hydrogen-bond acceptors (Lipinski definition) is 5. The summed E-state index contributed by atoms with van der Waals surface area (Å²) in [7, 11) is 0. The number of rotatable bonds is 4. The van der Waals surface area contributed by atoms with Crippen molar-refractivity contribution in [3.8, 4) is 5.75 Å². The summed E-state index contributed by atoms with van der Waals surface area (Å²) in [6, 6.07) is 8.04. The molecule has 1 aliphatic heterocycles. The largest absolute Gasteiger partial charge is 0.479 e. The molecule has 3 rings (SSSR count). The third-order valence-electron chi connectivity index (χ3n) is 3.91. The van der Waals surface area contributed by atoms with Gasteiger partial charge in [0.1, 0.15) is 12.3 Å². The minimum absolute atomic E-state index is 0.148. The van der Waals surface area contributed by atoms with Gasteiger partial charge in [-0.05, 0) is 44.2 Å². The zero-order chi connectivity index (χ0) is 18.8. The van der Waals surface area contributed by atoms with E-state index in [1.165, 1.54) is 18.0 Å². The molecule has 1 aromatic carbocycles. The summed E-state index contributed by atoms with van der Waals surface area (Å²) in [4.78, 5) is 41.8. The molecule has 0 saturated heterocycles. The molecule has 1 N–H and O–H groups in total. The maximum absolute atomic E-state index is 12.5. The molecule has 2 aromatic rings. The van der Waals surface area contributed by atoms with Crippen molar-refractivity contribution in [3.05, 3.63) is 47.2 Å². The fourth-order valence-electron chi connectivity index (χ4n) is 2.60. The lowest BCUT2D eigenvalue weighted by molar-refractivity contribution is -0.127. The number of ketones is 1. The second kappa shape index (κ2) is 7.13. The molecule has 1 unspecified atom stereocenters. The van der Waals surface area contributed by atoms with E-state index in [1.807, 2.05) is 0 Å². The minimum Gasteiger partial charge on any atom is -0.479 e. The van der Waals surface area contributed by atoms with E-state index in [2.05, 4.69) is 10.3 Å². The molecule has 1 atom stereocenters. The number of Topliss-reactive ketones (excluding diaryl/α,β-unsaturated/α-hetero) is 1. The number of carbonyl (C=O) groups excluding carboxylic acids is 3. The van der Waals surface area contributed by atoms with E-state index in [9.17, 15) is 14.4 Å². The standard InChI is InChI=1S/C18H16ClN3O4/c1-10(23)12-5-6-15-14(8-12)22(18(25)11(2)26-15)9-16(24)21-13-4-3-7-20-17(13)19/h3-8,11H,9H2,1-2H3,(H,21,24). The molecule has 26 heavy (non-hydrogen) atoms. The molecular weight excluding hydrogens is 358 g/mol. The second-order valence-electron chi connectivity index (χ2n) is 5.81. The van der Waals surface area contributed by atoms with Gasteiger partial charge in [0.2, 0.25) is 5.91 Å². The number of nitrogens with zero attached hydrogens (tertiary/aromatic N) is 2. The number of benzene rings is 1. The molecular formula is C18H16ClN3O4. The first kappa shape index (κ1) is 17.9. The summed E-state index contributed by atoms with van der Waals surface area (Å²) < 4.78 is 5.56. The Balaban J connectivity index is 1.88. The Morgan fingerprint density at radius 1 is 1.35 bits per heavy atom. The number of fused-ring (bicyclic) bond motifs is 1. The number of anilines is 2. The van der Waals surface area contributed by atoms with Crippen molar-refractivity contribution in [2.45, 2.75) is 20.0 Å². The van der Waals surface area contributed by atoms with E-state index in [1.54, 1.807) is 37.3 Å². The van der Waals surface area contributed by atoms with Gasteiger partial charge in [-0.1, -0.05) is 11.6 Å². The molecule has 7 nitrogen and oxygen atoms in total. The number of nitrogens with one attached hydrogen (secondary N) is 1. The molecule has 0 fully saturated rings. The van der Waals surface area contributed by atoms with Gasteiger partial charge in [-0.25, -0.2) is 4.98 Å². The normalized spacial score (nSPS) is 15.9. The Morgan fingerprint density at radius 2 is 2.12 bits per heavy atom. The number of aromatic nitrogens is 1. The summed E-state index contributed by atoms with van der Waals surface area (Å²) in [5, 5.41) is 2.78. The number of amides is 2. The van der Waals surface area contributed by atoms with Crippen molar-refractivity contribution >= 4 is 40.6 Å². The first-order chi connectivity index (χ1) is 12.4. The lowest BCUT2D eigenvalue weighted by Crippen LogP contribution is -2.47. The van der Waals surface area contributed by atoms with Crippen LogP contribution in [0.25, 0.3) is 0 Å². The van der Waals surface area contributed by atoms with Crippen molar-refractivity contribution in [1.29, 1.82) is 0 Å². The summed E-state index contributed by atoms with van der Waals surface area (Å²) in [5.41, 5.74) is 1.16. The quantitative estimate of drug-likeness (QED) is 0.657. The predicted octanol–water partition coefficient (Wildman–Crippen LogP) is 2.69. The fourth-order valence-corrected chi connectivity index (χ4v) is 2.77. The van der Waals surface area contributed by atoms with Crippen LogP contribution in [-0.2, 0) is 9.59 Å². The highest BCUT2D eigenvalue weighted by molar-refractivity contribution is 6.32. The molecule has 0 radical (unpaired) electrons. The summed E-state index contributed by atoms with van der Waals surface area (Å²) in [6.07, 6.45) is 0.769. The van der Waals surface area contributed by atoms with Crippen molar-refractivity contribution in [2.24, 2.45) is 0 Å². The summed E-state index contributed by atoms with van der Waals surface area (Å²) in [6.45, 7) is 2.79. The van der Waals surface area contributed by atoms with E-state index >= 15 is 0 Å². The zero-order valence-electron chi connectivity index (χ0n) is 14.2. The number of ether oxygens (including phenoxy) is 1. The molecule has 0 aliphatic carbocycles. The Morgan fingerprint density at radius 3 is 2.81 bits per heavy atom. The van der Waals surface area contributed by atoms with Crippen LogP contribution in [0.15, 0.2) is 36.5 Å². The molecule has 2 heterocycles. The average molecular weight is 374 g/mol. The van der Waals surface area contributed by atoms with Crippen LogP contribution in [0.4, 0.5) is 11.4 Å². The van der Waals surface area contributed by atoms with Gasteiger partial charge in [0.15, 0.2) is 17.0 Å². The molecule has 0 saturated carbocycles. The average Bonchev–Trinajstić information content (AvgIpc) is 2.60. The van der Waals surface area contributed by atoms with Crippen LogP contribution in [0.1, 0.15) is 24.2 Å². The lowest BCUT2D eigenvalue weighted by Gasteiger charge is -2.32. The van der Waals surface area contributed by atoms with Gasteiger partial charge in [-0.15, -0.1) is 0 Å². The van der Waals surface area contributed by atoms with E-state index in [0.29, 0.717) is 22.7 Å². The van der Waals surface area contributed by atoms with Gasteiger partial charge in [-0.2, -0.15) is 0 Å². The Bertz CT molecular complexity index is 900. The van der Waals surface area contributed by atoms with Crippen molar-refractivity contribution < 1.29 is 19.1 Å². The third kappa shape index (κ3) is 3.52. The summed E-state index contributed by atoms with van der Waals surface area (Å²) in [5.74, 6) is -0.521. The topological polar surface area (TPSA) is 88.6 Å². The second-order valence-corrected chi connectivity index (χ2v) is 6.17. The molecule has 0 bridgehead atoms. The Kier molecular flexibility index (Phi) is 4.90. The number of hydrogen-bond donors (Lipinski definition) is 1. The highest BCUT2D eigenvalue weighted by Crippen LogP contribution is 2.35. The van der Waals surface area contributed by atoms with Crippen molar-refractivity contribution in [2.75, 3.05) is 16.8 Å². The summed E-state index contributed by atoms with van der Waals surface area (Å²) >= 11 is 5.94. The molecule has 1 aromatic heterocycles. The zero-order valence-corrected chi connectivity index (χ0v) is 14.9. The molecule has 2 amide bonds. The predicted molar refractivity (Wildman–Crippen MR) is 96.8 cm³/mol. The van der Waals surface area contributed by atoms with Crippen LogP contribution in [0.2, 0.25) is 5.15 Å². The highest BCUT2D eigenvalue weighted by Gasteiger charge is 2.33. The van der Waals surface area contributed by atoms with E-state index in [4.69, 9.17) is 16.3 Å². The first-order valence-electron chi connectivity index (χ1n) is 7.90. The van der Waals surface area contributed by atoms with Gasteiger partial charge in [-0.3, -0.25) is 19.3 Å². The lowest BCUT2D eigenvalue weighted by atomic mass is 10.1. The smallest absolute Gasteiger partial charge is 0.268 e. The van der Waals surface area contributed by atoms with E-state index in [-0.39, 0.29) is 23.4 Å². The van der Waals surface area contributed by atoms with Crippen LogP contribution in [-0.4, -0.2) is 35.2 Å². The van der Waals surface area contributed by atoms with Crippen LogP contribution >= 0.6 is 11.6 Å². The number of pyridine rings is 1. The van der Waals surface area contributed by atoms with Gasteiger partial charge in [0, 0.05) is 11.8 Å². The fraction of sp³-hybridized carbons (Fsp3) is 0.222. The minimum atomic E-state index is -0.736. The van der Waals surface area contributed by atoms with Crippen LogP contribution in [0.5, 0.6) is 5.75 Å². The van der Waals surface area contributed by atoms with Crippen LogP contribution < -0.4 is 15.0 Å². The Hall–Kier alpha value is -2.93. The number of carbonyl (C=O) groups is 3. The maximum Gasteiger partial charge on any atom is 0.268 e. The highest BCUT2D eigenvalue weighted by atomic mass is 35.5. The Labute approximate surface area is 154 Å². The first-order valence-corrected chi connectivity index (χ1v) is 8.28. The van der Waals surface area contributed by atoms with Crippen molar-refractivity contribution in [1.82, 2.24) is 4.98 Å². The van der Waals surface area contributed by atoms with E-state index < -0.39 is 12.0 Å².